The number of aryl methyl sites for hydroxylation is 1. The molecule has 0 aliphatic heterocycles. The first-order valence-corrected chi connectivity index (χ1v) is 8.22. The number of rotatable bonds is 8. The minimum absolute atomic E-state index is 0.0955. The first-order chi connectivity index (χ1) is 11.8. The molecule has 6 heteroatoms. The SMILES string of the molecule is CC(C)(CCc1ccc([N+](=O)[O-])cc1)NCC(O)c1ccc(O)cc1. The monoisotopic (exact) mass is 344 g/mol. The Morgan fingerprint density at radius 2 is 1.72 bits per heavy atom. The van der Waals surface area contributed by atoms with E-state index in [9.17, 15) is 20.3 Å². The molecule has 0 aliphatic rings. The fraction of sp³-hybridized carbons (Fsp3) is 0.368. The molecule has 0 aromatic heterocycles. The molecule has 1 atom stereocenters. The summed E-state index contributed by atoms with van der Waals surface area (Å²) in [4.78, 5) is 10.3. The van der Waals surface area contributed by atoms with Crippen LogP contribution in [-0.2, 0) is 6.42 Å². The maximum absolute atomic E-state index is 10.7. The Kier molecular flexibility index (Phi) is 6.12. The second-order valence-corrected chi connectivity index (χ2v) is 6.80. The highest BCUT2D eigenvalue weighted by Crippen LogP contribution is 2.20. The molecule has 2 rings (SSSR count). The van der Waals surface area contributed by atoms with E-state index >= 15 is 0 Å². The first kappa shape index (κ1) is 18.9. The van der Waals surface area contributed by atoms with Crippen LogP contribution in [-0.4, -0.2) is 27.2 Å². The van der Waals surface area contributed by atoms with E-state index in [1.54, 1.807) is 36.4 Å². The van der Waals surface area contributed by atoms with Crippen molar-refractivity contribution in [2.75, 3.05) is 6.54 Å². The van der Waals surface area contributed by atoms with Gasteiger partial charge in [0.15, 0.2) is 0 Å². The molecule has 0 radical (unpaired) electrons. The number of nitrogens with zero attached hydrogens (tertiary/aromatic N) is 1. The fourth-order valence-electron chi connectivity index (χ4n) is 2.52. The Labute approximate surface area is 147 Å². The van der Waals surface area contributed by atoms with Crippen LogP contribution in [0.15, 0.2) is 48.5 Å². The summed E-state index contributed by atoms with van der Waals surface area (Å²) < 4.78 is 0. The van der Waals surface area contributed by atoms with Crippen molar-refractivity contribution in [3.05, 3.63) is 69.8 Å². The van der Waals surface area contributed by atoms with Crippen LogP contribution >= 0.6 is 0 Å². The number of non-ortho nitro benzene ring substituents is 1. The molecule has 0 amide bonds. The Hall–Kier alpha value is -2.44. The predicted octanol–water partition coefficient (Wildman–Crippen LogP) is 3.33. The predicted molar refractivity (Wildman–Crippen MR) is 96.6 cm³/mol. The maximum atomic E-state index is 10.7. The van der Waals surface area contributed by atoms with E-state index < -0.39 is 11.0 Å². The third-order valence-corrected chi connectivity index (χ3v) is 4.24. The van der Waals surface area contributed by atoms with Crippen molar-refractivity contribution >= 4 is 5.69 Å². The molecular weight excluding hydrogens is 320 g/mol. The lowest BCUT2D eigenvalue weighted by Gasteiger charge is -2.28. The van der Waals surface area contributed by atoms with E-state index in [2.05, 4.69) is 19.2 Å². The van der Waals surface area contributed by atoms with Gasteiger partial charge in [0.1, 0.15) is 5.75 Å². The molecule has 0 spiro atoms. The number of hydrogen-bond acceptors (Lipinski definition) is 5. The van der Waals surface area contributed by atoms with Crippen LogP contribution in [0.3, 0.4) is 0 Å². The topological polar surface area (TPSA) is 95.6 Å². The van der Waals surface area contributed by atoms with Crippen molar-refractivity contribution in [3.63, 3.8) is 0 Å². The highest BCUT2D eigenvalue weighted by atomic mass is 16.6. The molecular formula is C19H24N2O4. The molecule has 3 N–H and O–H groups in total. The number of β-amino-alcohol motifs (C(OH)–C–C–N with tert-alkyl or cyclic N) is 1. The molecule has 0 saturated carbocycles. The fourth-order valence-corrected chi connectivity index (χ4v) is 2.52. The minimum atomic E-state index is -0.653. The van der Waals surface area contributed by atoms with Gasteiger partial charge in [-0.05, 0) is 49.9 Å². The van der Waals surface area contributed by atoms with E-state index in [0.717, 1.165) is 24.0 Å². The van der Waals surface area contributed by atoms with Gasteiger partial charge in [-0.1, -0.05) is 24.3 Å². The lowest BCUT2D eigenvalue weighted by molar-refractivity contribution is -0.384. The van der Waals surface area contributed by atoms with Crippen molar-refractivity contribution in [1.82, 2.24) is 5.32 Å². The minimum Gasteiger partial charge on any atom is -0.508 e. The van der Waals surface area contributed by atoms with Gasteiger partial charge in [0.05, 0.1) is 11.0 Å². The Morgan fingerprint density at radius 3 is 2.28 bits per heavy atom. The smallest absolute Gasteiger partial charge is 0.269 e. The molecule has 0 saturated heterocycles. The number of hydrogen-bond donors (Lipinski definition) is 3. The number of nitro groups is 1. The lowest BCUT2D eigenvalue weighted by Crippen LogP contribution is -2.41. The quantitative estimate of drug-likeness (QED) is 0.504. The van der Waals surface area contributed by atoms with Crippen molar-refractivity contribution in [2.24, 2.45) is 0 Å². The second kappa shape index (κ2) is 8.09. The van der Waals surface area contributed by atoms with Crippen molar-refractivity contribution < 1.29 is 15.1 Å². The lowest BCUT2D eigenvalue weighted by atomic mass is 9.94. The van der Waals surface area contributed by atoms with Gasteiger partial charge in [0.2, 0.25) is 0 Å². The number of aromatic hydroxyl groups is 1. The molecule has 134 valence electrons. The highest BCUT2D eigenvalue weighted by Gasteiger charge is 2.19. The molecule has 0 bridgehead atoms. The van der Waals surface area contributed by atoms with E-state index in [-0.39, 0.29) is 17.0 Å². The third-order valence-electron chi connectivity index (χ3n) is 4.24. The summed E-state index contributed by atoms with van der Waals surface area (Å²) in [5, 5.41) is 33.5. The van der Waals surface area contributed by atoms with E-state index in [1.165, 1.54) is 12.1 Å². The summed E-state index contributed by atoms with van der Waals surface area (Å²) in [6.07, 6.45) is 0.958. The van der Waals surface area contributed by atoms with Crippen LogP contribution < -0.4 is 5.32 Å². The van der Waals surface area contributed by atoms with Gasteiger partial charge in [0.25, 0.3) is 5.69 Å². The van der Waals surface area contributed by atoms with Gasteiger partial charge in [-0.3, -0.25) is 10.1 Å². The normalized spacial score (nSPS) is 12.8. The largest absolute Gasteiger partial charge is 0.508 e. The number of benzene rings is 2. The number of aliphatic hydroxyl groups is 1. The average molecular weight is 344 g/mol. The molecule has 0 aliphatic carbocycles. The average Bonchev–Trinajstić information content (AvgIpc) is 2.59. The van der Waals surface area contributed by atoms with Crippen molar-refractivity contribution in [1.29, 1.82) is 0 Å². The summed E-state index contributed by atoms with van der Waals surface area (Å²) >= 11 is 0. The molecule has 0 fully saturated rings. The zero-order valence-electron chi connectivity index (χ0n) is 14.5. The van der Waals surface area contributed by atoms with Gasteiger partial charge in [-0.25, -0.2) is 0 Å². The zero-order valence-corrected chi connectivity index (χ0v) is 14.5. The second-order valence-electron chi connectivity index (χ2n) is 6.80. The molecule has 0 heterocycles. The number of aliphatic hydroxyl groups excluding tert-OH is 1. The van der Waals surface area contributed by atoms with Crippen LogP contribution in [0.1, 0.15) is 37.5 Å². The van der Waals surface area contributed by atoms with Crippen LogP contribution in [0.5, 0.6) is 5.75 Å². The van der Waals surface area contributed by atoms with E-state index in [4.69, 9.17) is 0 Å². The van der Waals surface area contributed by atoms with E-state index in [0.29, 0.717) is 6.54 Å². The van der Waals surface area contributed by atoms with E-state index in [1.807, 2.05) is 0 Å². The van der Waals surface area contributed by atoms with Crippen LogP contribution in [0.25, 0.3) is 0 Å². The van der Waals surface area contributed by atoms with Gasteiger partial charge in [0, 0.05) is 24.2 Å². The maximum Gasteiger partial charge on any atom is 0.269 e. The number of phenolic OH excluding ortho intramolecular Hbond substituents is 1. The zero-order chi connectivity index (χ0) is 18.4. The number of nitrogens with one attached hydrogen (secondary N) is 1. The van der Waals surface area contributed by atoms with Gasteiger partial charge < -0.3 is 15.5 Å². The van der Waals surface area contributed by atoms with Gasteiger partial charge in [-0.2, -0.15) is 0 Å². The van der Waals surface area contributed by atoms with Crippen molar-refractivity contribution in [3.8, 4) is 5.75 Å². The summed E-state index contributed by atoms with van der Waals surface area (Å²) in [5.41, 5.74) is 1.69. The van der Waals surface area contributed by atoms with Crippen LogP contribution in [0.2, 0.25) is 0 Å². The van der Waals surface area contributed by atoms with Gasteiger partial charge >= 0.3 is 0 Å². The Morgan fingerprint density at radius 1 is 1.12 bits per heavy atom. The van der Waals surface area contributed by atoms with Gasteiger partial charge in [-0.15, -0.1) is 0 Å². The molecule has 25 heavy (non-hydrogen) atoms. The molecule has 2 aromatic rings. The first-order valence-electron chi connectivity index (χ1n) is 8.22. The molecule has 6 nitrogen and oxygen atoms in total. The highest BCUT2D eigenvalue weighted by molar-refractivity contribution is 5.33. The molecule has 2 aromatic carbocycles. The Balaban J connectivity index is 1.84. The van der Waals surface area contributed by atoms with Crippen molar-refractivity contribution in [2.45, 2.75) is 38.3 Å². The summed E-state index contributed by atoms with van der Waals surface area (Å²) in [6.45, 7) is 4.52. The standard InChI is InChI=1S/C19H24N2O4/c1-19(2,12-11-14-3-7-16(8-4-14)21(24)25)20-13-18(23)15-5-9-17(22)10-6-15/h3-10,18,20,22-23H,11-13H2,1-2H3. The van der Waals surface area contributed by atoms with Crippen LogP contribution in [0, 0.1) is 10.1 Å². The summed E-state index contributed by atoms with van der Waals surface area (Å²) in [6, 6.07) is 13.1. The Bertz CT molecular complexity index is 696. The third kappa shape index (κ3) is 5.85. The number of phenols is 1. The number of nitro benzene ring substituents is 1. The summed E-state index contributed by atoms with van der Waals surface area (Å²) in [5.74, 6) is 0.173. The van der Waals surface area contributed by atoms with Crippen LogP contribution in [0.4, 0.5) is 5.69 Å². The summed E-state index contributed by atoms with van der Waals surface area (Å²) in [7, 11) is 0. The molecule has 1 unspecified atom stereocenters.